The number of carboxylic acid groups (broad SMARTS) is 1. The third kappa shape index (κ3) is 4.09. The SMILES string of the molecule is COC(OC)C(CCC(C)(F)F)NC(=O)[C@@H]1[C@@H]2[C@H](CN1C(=O)O)C2(C)C. The lowest BCUT2D eigenvalue weighted by Crippen LogP contribution is -2.54. The summed E-state index contributed by atoms with van der Waals surface area (Å²) >= 11 is 0. The minimum absolute atomic E-state index is 0.0567. The van der Waals surface area contributed by atoms with Crippen LogP contribution in [0.15, 0.2) is 0 Å². The molecule has 0 radical (unpaired) electrons. The van der Waals surface area contributed by atoms with Gasteiger partial charge in [0.1, 0.15) is 6.04 Å². The van der Waals surface area contributed by atoms with Crippen LogP contribution in [0.1, 0.15) is 33.6 Å². The Morgan fingerprint density at radius 2 is 1.92 bits per heavy atom. The van der Waals surface area contributed by atoms with Crippen molar-refractivity contribution in [1.29, 1.82) is 0 Å². The lowest BCUT2D eigenvalue weighted by molar-refractivity contribution is -0.143. The first kappa shape index (κ1) is 20.8. The van der Waals surface area contributed by atoms with Crippen LogP contribution in [-0.4, -0.2) is 67.1 Å². The van der Waals surface area contributed by atoms with Crippen molar-refractivity contribution in [1.82, 2.24) is 10.2 Å². The number of nitrogens with one attached hydrogen (secondary N) is 1. The van der Waals surface area contributed by atoms with Crippen molar-refractivity contribution in [3.63, 3.8) is 0 Å². The van der Waals surface area contributed by atoms with Crippen molar-refractivity contribution in [2.24, 2.45) is 17.3 Å². The second kappa shape index (κ2) is 7.26. The van der Waals surface area contributed by atoms with Crippen LogP contribution >= 0.6 is 0 Å². The highest BCUT2D eigenvalue weighted by atomic mass is 19.3. The van der Waals surface area contributed by atoms with Crippen molar-refractivity contribution in [2.75, 3.05) is 20.8 Å². The van der Waals surface area contributed by atoms with Gasteiger partial charge in [-0.15, -0.1) is 0 Å². The Balaban J connectivity index is 2.12. The number of fused-ring (bicyclic) bond motifs is 1. The number of ether oxygens (including phenoxy) is 2. The van der Waals surface area contributed by atoms with E-state index in [1.165, 1.54) is 14.2 Å². The Morgan fingerprint density at radius 1 is 1.35 bits per heavy atom. The third-order valence-electron chi connectivity index (χ3n) is 5.74. The molecule has 0 spiro atoms. The quantitative estimate of drug-likeness (QED) is 0.632. The molecule has 0 bridgehead atoms. The fourth-order valence-electron chi connectivity index (χ4n) is 4.16. The molecule has 9 heteroatoms. The summed E-state index contributed by atoms with van der Waals surface area (Å²) in [4.78, 5) is 25.5. The fourth-order valence-corrected chi connectivity index (χ4v) is 4.16. The van der Waals surface area contributed by atoms with Crippen molar-refractivity contribution in [3.8, 4) is 0 Å². The monoisotopic (exact) mass is 378 g/mol. The van der Waals surface area contributed by atoms with Gasteiger partial charge in [0.15, 0.2) is 6.29 Å². The highest BCUT2D eigenvalue weighted by Crippen LogP contribution is 2.64. The van der Waals surface area contributed by atoms with Gasteiger partial charge in [0.25, 0.3) is 0 Å². The zero-order chi connectivity index (χ0) is 19.9. The molecule has 2 fully saturated rings. The minimum atomic E-state index is -2.89. The Hall–Kier alpha value is -1.48. The van der Waals surface area contributed by atoms with Gasteiger partial charge in [0.2, 0.25) is 11.8 Å². The van der Waals surface area contributed by atoms with Crippen LogP contribution in [0.2, 0.25) is 0 Å². The lowest BCUT2D eigenvalue weighted by Gasteiger charge is -2.31. The van der Waals surface area contributed by atoms with Gasteiger partial charge in [-0.25, -0.2) is 13.6 Å². The summed E-state index contributed by atoms with van der Waals surface area (Å²) in [5.74, 6) is -3.32. The van der Waals surface area contributed by atoms with Gasteiger partial charge in [-0.05, 0) is 30.6 Å². The maximum absolute atomic E-state index is 13.3. The van der Waals surface area contributed by atoms with Crippen LogP contribution < -0.4 is 5.32 Å². The number of carbonyl (C=O) groups excluding carboxylic acids is 1. The number of amides is 2. The van der Waals surface area contributed by atoms with Crippen LogP contribution in [0.25, 0.3) is 0 Å². The molecule has 150 valence electrons. The largest absolute Gasteiger partial charge is 0.465 e. The number of hydrogen-bond acceptors (Lipinski definition) is 4. The van der Waals surface area contributed by atoms with Crippen LogP contribution in [0.4, 0.5) is 13.6 Å². The predicted molar refractivity (Wildman–Crippen MR) is 88.9 cm³/mol. The van der Waals surface area contributed by atoms with Crippen LogP contribution in [0, 0.1) is 17.3 Å². The Morgan fingerprint density at radius 3 is 2.38 bits per heavy atom. The zero-order valence-electron chi connectivity index (χ0n) is 15.8. The zero-order valence-corrected chi connectivity index (χ0v) is 15.8. The molecule has 2 rings (SSSR count). The molecule has 1 aliphatic heterocycles. The van der Waals surface area contributed by atoms with Crippen LogP contribution in [0.3, 0.4) is 0 Å². The standard InChI is InChI=1S/C17H28F2N2O5/c1-16(2)9-8-21(15(23)24)12(11(9)16)13(22)20-10(14(25-4)26-5)6-7-17(3,18)19/h9-12,14H,6-8H2,1-5H3,(H,20,22)(H,23,24)/t9-,10?,11-,12-/m0/s1. The van der Waals surface area contributed by atoms with Crippen LogP contribution in [0.5, 0.6) is 0 Å². The van der Waals surface area contributed by atoms with Gasteiger partial charge in [-0.3, -0.25) is 9.69 Å². The summed E-state index contributed by atoms with van der Waals surface area (Å²) in [5, 5.41) is 12.1. The normalized spacial score (nSPS) is 28.0. The number of carbonyl (C=O) groups is 2. The van der Waals surface area contributed by atoms with Crippen LogP contribution in [-0.2, 0) is 14.3 Å². The number of halogens is 2. The van der Waals surface area contributed by atoms with E-state index in [0.717, 1.165) is 11.8 Å². The molecule has 2 aliphatic rings. The second-order valence-electron chi connectivity index (χ2n) is 7.90. The number of likely N-dealkylation sites (tertiary alicyclic amines) is 1. The van der Waals surface area contributed by atoms with E-state index < -0.39 is 42.7 Å². The summed E-state index contributed by atoms with van der Waals surface area (Å²) in [5.41, 5.74) is -0.109. The first-order valence-corrected chi connectivity index (χ1v) is 8.67. The maximum Gasteiger partial charge on any atom is 0.407 e. The molecular formula is C17H28F2N2O5. The van der Waals surface area contributed by atoms with Crippen molar-refractivity contribution >= 4 is 12.0 Å². The Bertz CT molecular complexity index is 548. The number of hydrogen-bond donors (Lipinski definition) is 2. The third-order valence-corrected chi connectivity index (χ3v) is 5.74. The van der Waals surface area contributed by atoms with Gasteiger partial charge < -0.3 is 19.9 Å². The molecule has 1 unspecified atom stereocenters. The van der Waals surface area contributed by atoms with Crippen molar-refractivity contribution < 1.29 is 33.0 Å². The van der Waals surface area contributed by atoms with Gasteiger partial charge in [-0.2, -0.15) is 0 Å². The molecule has 0 aromatic heterocycles. The highest BCUT2D eigenvalue weighted by molar-refractivity contribution is 5.87. The van der Waals surface area contributed by atoms with Gasteiger partial charge in [-0.1, -0.05) is 13.8 Å². The van der Waals surface area contributed by atoms with Gasteiger partial charge >= 0.3 is 6.09 Å². The maximum atomic E-state index is 13.3. The van der Waals surface area contributed by atoms with E-state index >= 15 is 0 Å². The summed E-state index contributed by atoms with van der Waals surface area (Å²) in [6.07, 6.45) is -2.56. The Labute approximate surface area is 152 Å². The molecule has 1 saturated carbocycles. The molecule has 0 aromatic rings. The molecule has 2 N–H and O–H groups in total. The van der Waals surface area contributed by atoms with Gasteiger partial charge in [0.05, 0.1) is 6.04 Å². The first-order chi connectivity index (χ1) is 11.9. The molecule has 26 heavy (non-hydrogen) atoms. The van der Waals surface area contributed by atoms with E-state index in [4.69, 9.17) is 9.47 Å². The number of piperidine rings is 1. The van der Waals surface area contributed by atoms with E-state index in [0.29, 0.717) is 6.54 Å². The van der Waals surface area contributed by atoms with E-state index in [-0.39, 0.29) is 23.7 Å². The summed E-state index contributed by atoms with van der Waals surface area (Å²) < 4.78 is 36.8. The average molecular weight is 378 g/mol. The average Bonchev–Trinajstić information content (AvgIpc) is 2.89. The molecule has 1 saturated heterocycles. The molecule has 0 aromatic carbocycles. The number of alkyl halides is 2. The van der Waals surface area contributed by atoms with E-state index in [9.17, 15) is 23.5 Å². The number of methoxy groups -OCH3 is 2. The lowest BCUT2D eigenvalue weighted by atomic mass is 10.00. The smallest absolute Gasteiger partial charge is 0.407 e. The minimum Gasteiger partial charge on any atom is -0.465 e. The van der Waals surface area contributed by atoms with Crippen molar-refractivity contribution in [2.45, 2.75) is 57.9 Å². The first-order valence-electron chi connectivity index (χ1n) is 8.67. The molecule has 1 aliphatic carbocycles. The van der Waals surface area contributed by atoms with E-state index in [2.05, 4.69) is 5.32 Å². The second-order valence-corrected chi connectivity index (χ2v) is 7.90. The summed E-state index contributed by atoms with van der Waals surface area (Å²) in [6, 6.07) is -1.63. The molecule has 7 nitrogen and oxygen atoms in total. The molecule has 4 atom stereocenters. The van der Waals surface area contributed by atoms with Crippen molar-refractivity contribution in [3.05, 3.63) is 0 Å². The Kier molecular flexibility index (Phi) is 5.82. The topological polar surface area (TPSA) is 88.1 Å². The van der Waals surface area contributed by atoms with E-state index in [1.807, 2.05) is 13.8 Å². The van der Waals surface area contributed by atoms with Gasteiger partial charge in [0, 0.05) is 27.2 Å². The number of rotatable bonds is 8. The molecule has 1 heterocycles. The molecule has 2 amide bonds. The van der Waals surface area contributed by atoms with E-state index in [1.54, 1.807) is 0 Å². The summed E-state index contributed by atoms with van der Waals surface area (Å²) in [7, 11) is 2.72. The molecular weight excluding hydrogens is 350 g/mol. The highest BCUT2D eigenvalue weighted by Gasteiger charge is 2.69. The number of nitrogens with zero attached hydrogens (tertiary/aromatic N) is 1. The predicted octanol–water partition coefficient (Wildman–Crippen LogP) is 2.16. The summed E-state index contributed by atoms with van der Waals surface area (Å²) in [6.45, 7) is 5.12. The fraction of sp³-hybridized carbons (Fsp3) is 0.882.